The molecule has 0 aliphatic heterocycles. The number of aliphatic hydroxyl groups is 1. The van der Waals surface area contributed by atoms with E-state index < -0.39 is 105 Å². The van der Waals surface area contributed by atoms with Crippen molar-refractivity contribution in [2.24, 2.45) is 0 Å². The number of hydrogen-bond donors (Lipinski definition) is 4. The van der Waals surface area contributed by atoms with Crippen LogP contribution in [0.3, 0.4) is 0 Å². The Morgan fingerprint density at radius 1 is 0.474 bits per heavy atom. The van der Waals surface area contributed by atoms with Gasteiger partial charge in [-0.3, -0.25) is 23.8 Å². The molecule has 6 rings (SSSR count). The van der Waals surface area contributed by atoms with Crippen LogP contribution in [0.2, 0.25) is 10.0 Å². The molecule has 0 saturated carbocycles. The summed E-state index contributed by atoms with van der Waals surface area (Å²) in [5.41, 5.74) is -3.02. The van der Waals surface area contributed by atoms with Crippen LogP contribution in [0.1, 0.15) is 49.9 Å². The summed E-state index contributed by atoms with van der Waals surface area (Å²) in [5.74, 6) is -15.8. The van der Waals surface area contributed by atoms with Crippen LogP contribution >= 0.6 is 23.2 Å². The number of sulfonamides is 3. The molecule has 1 atom stereocenters. The molecule has 0 spiro atoms. The number of carbonyl (C=O) groups is 2. The first-order valence-corrected chi connectivity index (χ1v) is 25.5. The highest BCUT2D eigenvalue weighted by Crippen LogP contribution is 2.35. The summed E-state index contributed by atoms with van der Waals surface area (Å²) in [4.78, 5) is 58.8. The van der Waals surface area contributed by atoms with Gasteiger partial charge in [0.15, 0.2) is 5.82 Å². The first kappa shape index (κ1) is 62.7. The zero-order valence-corrected chi connectivity index (χ0v) is 43.8. The summed E-state index contributed by atoms with van der Waals surface area (Å²) >= 11 is 11.8. The number of nitrogens with zero attached hydrogens (tertiary/aromatic N) is 9. The fourth-order valence-electron chi connectivity index (χ4n) is 5.35. The van der Waals surface area contributed by atoms with Crippen molar-refractivity contribution >= 4 is 81.9 Å². The molecule has 0 bridgehead atoms. The Balaban J connectivity index is 0.000000252. The van der Waals surface area contributed by atoms with E-state index in [0.717, 1.165) is 18.2 Å². The molecule has 0 amide bonds. The summed E-state index contributed by atoms with van der Waals surface area (Å²) in [5, 5.41) is 10.0. The van der Waals surface area contributed by atoms with E-state index >= 15 is 0 Å². The van der Waals surface area contributed by atoms with E-state index in [1.165, 1.54) is 83.8 Å². The van der Waals surface area contributed by atoms with Gasteiger partial charge in [0.25, 0.3) is 30.1 Å². The maximum absolute atomic E-state index is 14.0. The van der Waals surface area contributed by atoms with E-state index in [9.17, 15) is 70.7 Å². The first-order chi connectivity index (χ1) is 36.6. The van der Waals surface area contributed by atoms with Crippen LogP contribution in [0.4, 0.5) is 47.8 Å². The molecule has 0 saturated heterocycles. The molecule has 3 aromatic heterocycles. The lowest BCUT2D eigenvalue weighted by Gasteiger charge is -2.17. The maximum Gasteiger partial charge on any atom is 0.355 e. The second kappa shape index (κ2) is 26.9. The Hall–Kier alpha value is -7.87. The minimum absolute atomic E-state index is 0.156. The lowest BCUT2D eigenvalue weighted by atomic mass is 10.1. The standard InChI is InChI=1S/C13H13ClF2N4O5S.C13H11ClF2N4O5S.C13H11F3N4O5S/c3*1-24-12-17-10(18-13(19-12)25-2)9(21)6-4-3-5-7(14)8(6)20-26(22,23)11(15)16/h3-5,9,11,20-21H,1-2H3;2*3-5,11,20H,1-2H3. The Kier molecular flexibility index (Phi) is 21.6. The summed E-state index contributed by atoms with van der Waals surface area (Å²) in [6.45, 7) is 0. The van der Waals surface area contributed by atoms with Crippen molar-refractivity contribution in [3.63, 3.8) is 0 Å². The fraction of sp³-hybridized carbons (Fsp3) is 0.256. The Labute approximate surface area is 445 Å². The molecule has 0 aliphatic rings. The first-order valence-electron chi connectivity index (χ1n) is 20.1. The van der Waals surface area contributed by atoms with Crippen LogP contribution in [-0.4, -0.2) is 147 Å². The number of aliphatic hydroxyl groups excluding tert-OH is 1. The predicted molar refractivity (Wildman–Crippen MR) is 255 cm³/mol. The number of para-hydroxylation sites is 3. The number of nitrogens with one attached hydrogen (secondary N) is 3. The molecule has 0 aliphatic carbocycles. The van der Waals surface area contributed by atoms with Gasteiger partial charge in [-0.15, -0.1) is 15.0 Å². The zero-order valence-electron chi connectivity index (χ0n) is 39.8. The number of anilines is 3. The van der Waals surface area contributed by atoms with E-state index in [2.05, 4.69) is 44.9 Å². The molecule has 27 nitrogen and oxygen atoms in total. The molecule has 78 heavy (non-hydrogen) atoms. The third kappa shape index (κ3) is 15.9. The topological polar surface area (TPSA) is 364 Å². The van der Waals surface area contributed by atoms with Crippen molar-refractivity contribution < 1.29 is 99.1 Å². The van der Waals surface area contributed by atoms with Crippen molar-refractivity contribution in [2.75, 3.05) is 56.8 Å². The number of benzene rings is 3. The van der Waals surface area contributed by atoms with Gasteiger partial charge in [-0.1, -0.05) is 47.5 Å². The quantitative estimate of drug-likeness (QED) is 0.0567. The summed E-state index contributed by atoms with van der Waals surface area (Å²) in [6, 6.07) is 9.07. The van der Waals surface area contributed by atoms with Gasteiger partial charge in [0.1, 0.15) is 11.9 Å². The van der Waals surface area contributed by atoms with Crippen molar-refractivity contribution in [3.8, 4) is 36.1 Å². The molecule has 1 unspecified atom stereocenters. The molecular weight excluding hydrogens is 1180 g/mol. The largest absolute Gasteiger partial charge is 0.467 e. The van der Waals surface area contributed by atoms with Crippen LogP contribution in [0.25, 0.3) is 0 Å². The normalized spacial score (nSPS) is 11.8. The number of hydrogen-bond acceptors (Lipinski definition) is 24. The van der Waals surface area contributed by atoms with Crippen molar-refractivity contribution in [1.29, 1.82) is 0 Å². The number of ether oxygens (including phenoxy) is 6. The number of halogens is 9. The SMILES string of the molecule is COc1nc(OC)nc(C(=O)c2cccc(Cl)c2NS(=O)(=O)C(F)F)n1.COc1nc(OC)nc(C(=O)c2cccc(F)c2NS(=O)(=O)C(F)F)n1.COc1nc(OC)nc(C(O)c2cccc(Cl)c2NS(=O)(=O)C(F)F)n1. The summed E-state index contributed by atoms with van der Waals surface area (Å²) in [6.07, 6.45) is -1.64. The molecule has 4 N–H and O–H groups in total. The number of carbonyl (C=O) groups excluding carboxylic acids is 2. The van der Waals surface area contributed by atoms with Gasteiger partial charge in [-0.25, -0.2) is 29.6 Å². The Morgan fingerprint density at radius 3 is 1.15 bits per heavy atom. The second-order valence-corrected chi connectivity index (χ2v) is 19.5. The number of aromatic nitrogens is 9. The van der Waals surface area contributed by atoms with Gasteiger partial charge in [-0.2, -0.15) is 56.2 Å². The molecule has 0 radical (unpaired) electrons. The molecule has 3 heterocycles. The van der Waals surface area contributed by atoms with E-state index in [1.54, 1.807) is 9.44 Å². The Morgan fingerprint density at radius 2 is 0.782 bits per heavy atom. The minimum atomic E-state index is -5.22. The van der Waals surface area contributed by atoms with Gasteiger partial charge in [0, 0.05) is 5.56 Å². The number of methoxy groups -OCH3 is 6. The van der Waals surface area contributed by atoms with Crippen LogP contribution < -0.4 is 42.6 Å². The molecule has 39 heteroatoms. The van der Waals surface area contributed by atoms with Gasteiger partial charge >= 0.3 is 53.3 Å². The molecule has 6 aromatic rings. The van der Waals surface area contributed by atoms with E-state index in [-0.39, 0.29) is 63.1 Å². The predicted octanol–water partition coefficient (Wildman–Crippen LogP) is 4.55. The third-order valence-corrected chi connectivity index (χ3v) is 12.3. The average molecular weight is 1210 g/mol. The van der Waals surface area contributed by atoms with Gasteiger partial charge in [0.2, 0.25) is 23.2 Å². The van der Waals surface area contributed by atoms with E-state index in [0.29, 0.717) is 0 Å². The van der Waals surface area contributed by atoms with Crippen LogP contribution in [0.15, 0.2) is 54.6 Å². The lowest BCUT2D eigenvalue weighted by Crippen LogP contribution is -2.23. The third-order valence-electron chi connectivity index (χ3n) is 8.84. The summed E-state index contributed by atoms with van der Waals surface area (Å²) in [7, 11) is -7.87. The smallest absolute Gasteiger partial charge is 0.355 e. The second-order valence-electron chi connectivity index (χ2n) is 13.7. The summed E-state index contributed by atoms with van der Waals surface area (Å²) < 4.78 is 192. The highest BCUT2D eigenvalue weighted by Gasteiger charge is 2.32. The highest BCUT2D eigenvalue weighted by molar-refractivity contribution is 7.93. The Bertz CT molecular complexity index is 3280. The molecule has 0 fully saturated rings. The van der Waals surface area contributed by atoms with Crippen molar-refractivity contribution in [3.05, 3.63) is 105 Å². The average Bonchev–Trinajstić information content (AvgIpc) is 3.45. The number of rotatable bonds is 21. The van der Waals surface area contributed by atoms with E-state index in [1.807, 2.05) is 0 Å². The number of alkyl halides is 6. The van der Waals surface area contributed by atoms with E-state index in [4.69, 9.17) is 51.6 Å². The lowest BCUT2D eigenvalue weighted by molar-refractivity contribution is 0.102. The minimum Gasteiger partial charge on any atom is -0.467 e. The van der Waals surface area contributed by atoms with Crippen LogP contribution in [0, 0.1) is 5.82 Å². The van der Waals surface area contributed by atoms with Crippen LogP contribution in [-0.2, 0) is 30.1 Å². The van der Waals surface area contributed by atoms with Gasteiger partial charge in [0.05, 0.1) is 80.9 Å². The monoisotopic (exact) mass is 1210 g/mol. The fourth-order valence-corrected chi connectivity index (χ4v) is 7.69. The highest BCUT2D eigenvalue weighted by atomic mass is 35.5. The molecule has 3 aromatic carbocycles. The van der Waals surface area contributed by atoms with Gasteiger partial charge < -0.3 is 33.5 Å². The molecule has 422 valence electrons. The van der Waals surface area contributed by atoms with Crippen molar-refractivity contribution in [1.82, 2.24) is 44.9 Å². The van der Waals surface area contributed by atoms with Gasteiger partial charge in [-0.05, 0) is 30.3 Å². The number of ketones is 2. The molecular formula is C39H35Cl2F7N12O15S3. The zero-order chi connectivity index (χ0) is 58.4. The maximum atomic E-state index is 14.0. The van der Waals surface area contributed by atoms with Crippen LogP contribution in [0.5, 0.6) is 36.1 Å². The van der Waals surface area contributed by atoms with Crippen molar-refractivity contribution in [2.45, 2.75) is 23.4 Å².